The van der Waals surface area contributed by atoms with E-state index in [1.165, 1.54) is 11.3 Å². The normalized spacial score (nSPS) is 13.5. The number of nitrogens with zero attached hydrogens (tertiary/aromatic N) is 1. The van der Waals surface area contributed by atoms with Crippen LogP contribution in [0, 0.1) is 11.8 Å². The molecule has 0 radical (unpaired) electrons. The van der Waals surface area contributed by atoms with Crippen LogP contribution < -0.4 is 0 Å². The van der Waals surface area contributed by atoms with E-state index in [-0.39, 0.29) is 0 Å². The third-order valence-electron chi connectivity index (χ3n) is 2.93. The molecule has 1 N–H and O–H groups in total. The molecule has 0 aliphatic rings. The van der Waals surface area contributed by atoms with E-state index in [0.29, 0.717) is 5.01 Å². The quantitative estimate of drug-likeness (QED) is 0.691. The Labute approximate surface area is 121 Å². The maximum Gasteiger partial charge on any atom is 0.174 e. The van der Waals surface area contributed by atoms with Crippen LogP contribution >= 0.6 is 11.3 Å². The highest BCUT2D eigenvalue weighted by Crippen LogP contribution is 2.29. The Balaban J connectivity index is 1.97. The smallest absolute Gasteiger partial charge is 0.174 e. The summed E-state index contributed by atoms with van der Waals surface area (Å²) in [6, 6.07) is 17.5. The summed E-state index contributed by atoms with van der Waals surface area (Å²) in [5.74, 6) is 5.90. The van der Waals surface area contributed by atoms with Gasteiger partial charge in [-0.1, -0.05) is 42.2 Å². The molecule has 98 valence electrons. The Bertz CT molecular complexity index is 761. The molecule has 1 atom stereocenters. The van der Waals surface area contributed by atoms with E-state index >= 15 is 0 Å². The molecule has 0 saturated heterocycles. The number of fused-ring (bicyclic) bond motifs is 1. The Kier molecular flexibility index (Phi) is 3.27. The summed E-state index contributed by atoms with van der Waals surface area (Å²) in [6.07, 6.45) is 0. The van der Waals surface area contributed by atoms with Crippen molar-refractivity contribution in [3.63, 3.8) is 0 Å². The lowest BCUT2D eigenvalue weighted by Gasteiger charge is -2.11. The van der Waals surface area contributed by atoms with Gasteiger partial charge in [-0.2, -0.15) is 0 Å². The van der Waals surface area contributed by atoms with Crippen LogP contribution in [-0.4, -0.2) is 10.1 Å². The molecule has 0 unspecified atom stereocenters. The minimum Gasteiger partial charge on any atom is -0.371 e. The lowest BCUT2D eigenvalue weighted by atomic mass is 10.1. The lowest BCUT2D eigenvalue weighted by Crippen LogP contribution is -2.18. The second-order valence-electron chi connectivity index (χ2n) is 4.67. The average Bonchev–Trinajstić information content (AvgIpc) is 2.91. The molecule has 1 aromatic heterocycles. The van der Waals surface area contributed by atoms with Crippen molar-refractivity contribution in [1.82, 2.24) is 4.98 Å². The first-order chi connectivity index (χ1) is 9.65. The number of aromatic nitrogens is 1. The molecule has 0 bridgehead atoms. The Morgan fingerprint density at radius 2 is 1.75 bits per heavy atom. The zero-order valence-corrected chi connectivity index (χ0v) is 11.8. The van der Waals surface area contributed by atoms with Crippen molar-refractivity contribution in [2.75, 3.05) is 0 Å². The summed E-state index contributed by atoms with van der Waals surface area (Å²) in [5.41, 5.74) is 0.544. The van der Waals surface area contributed by atoms with Gasteiger partial charge in [0.1, 0.15) is 5.01 Å². The molecule has 2 nitrogen and oxygen atoms in total. The maximum absolute atomic E-state index is 10.5. The first-order valence-electron chi connectivity index (χ1n) is 6.32. The maximum atomic E-state index is 10.5. The third kappa shape index (κ3) is 2.57. The minimum atomic E-state index is -1.24. The largest absolute Gasteiger partial charge is 0.371 e. The number of hydrogen-bond acceptors (Lipinski definition) is 3. The van der Waals surface area contributed by atoms with Gasteiger partial charge >= 0.3 is 0 Å². The van der Waals surface area contributed by atoms with Gasteiger partial charge in [0.15, 0.2) is 5.60 Å². The topological polar surface area (TPSA) is 33.1 Å². The lowest BCUT2D eigenvalue weighted by molar-refractivity contribution is 0.122. The van der Waals surface area contributed by atoms with Gasteiger partial charge in [0.2, 0.25) is 0 Å². The van der Waals surface area contributed by atoms with Gasteiger partial charge in [-0.15, -0.1) is 11.3 Å². The molecule has 1 heterocycles. The van der Waals surface area contributed by atoms with E-state index < -0.39 is 5.60 Å². The number of aliphatic hydroxyl groups is 1. The van der Waals surface area contributed by atoms with Crippen molar-refractivity contribution in [3.8, 4) is 11.8 Å². The van der Waals surface area contributed by atoms with Crippen LogP contribution in [0.2, 0.25) is 0 Å². The number of hydrogen-bond donors (Lipinski definition) is 1. The van der Waals surface area contributed by atoms with Gasteiger partial charge < -0.3 is 5.11 Å². The summed E-state index contributed by atoms with van der Waals surface area (Å²) in [6.45, 7) is 1.68. The van der Waals surface area contributed by atoms with Crippen molar-refractivity contribution in [1.29, 1.82) is 0 Å². The fourth-order valence-corrected chi connectivity index (χ4v) is 2.82. The predicted octanol–water partition coefficient (Wildman–Crippen LogP) is 3.56. The second-order valence-corrected chi connectivity index (χ2v) is 5.71. The summed E-state index contributed by atoms with van der Waals surface area (Å²) in [4.78, 5) is 4.46. The summed E-state index contributed by atoms with van der Waals surface area (Å²) < 4.78 is 1.06. The van der Waals surface area contributed by atoms with E-state index in [0.717, 1.165) is 15.8 Å². The number of rotatable bonds is 1. The third-order valence-corrected chi connectivity index (χ3v) is 4.18. The van der Waals surface area contributed by atoms with Crippen molar-refractivity contribution in [3.05, 3.63) is 65.2 Å². The van der Waals surface area contributed by atoms with Crippen LogP contribution in [0.1, 0.15) is 17.5 Å². The van der Waals surface area contributed by atoms with Crippen molar-refractivity contribution >= 4 is 21.6 Å². The average molecular weight is 279 g/mol. The van der Waals surface area contributed by atoms with E-state index in [2.05, 4.69) is 16.8 Å². The molecular weight excluding hydrogens is 266 g/mol. The molecule has 3 aromatic rings. The number of benzene rings is 2. The summed E-state index contributed by atoms with van der Waals surface area (Å²) >= 11 is 1.48. The highest BCUT2D eigenvalue weighted by Gasteiger charge is 2.24. The second kappa shape index (κ2) is 5.09. The van der Waals surface area contributed by atoms with Gasteiger partial charge in [0, 0.05) is 5.56 Å². The zero-order valence-electron chi connectivity index (χ0n) is 11.0. The number of thiazole rings is 1. The molecule has 0 fully saturated rings. The van der Waals surface area contributed by atoms with Gasteiger partial charge in [-0.25, -0.2) is 4.98 Å². The minimum absolute atomic E-state index is 0.627. The van der Waals surface area contributed by atoms with Crippen LogP contribution in [0.15, 0.2) is 54.6 Å². The van der Waals surface area contributed by atoms with E-state index in [9.17, 15) is 5.11 Å². The van der Waals surface area contributed by atoms with Gasteiger partial charge in [0.05, 0.1) is 10.2 Å². The molecule has 2 aromatic carbocycles. The summed E-state index contributed by atoms with van der Waals surface area (Å²) in [7, 11) is 0. The molecule has 0 saturated carbocycles. The van der Waals surface area contributed by atoms with Crippen LogP contribution in [0.5, 0.6) is 0 Å². The molecule has 0 amide bonds. The highest BCUT2D eigenvalue weighted by atomic mass is 32.1. The fraction of sp³-hybridized carbons (Fsp3) is 0.118. The SMILES string of the molecule is C[C@@](O)(C#Cc1ccccc1)c1nc2ccccc2s1. The Morgan fingerprint density at radius 1 is 1.05 bits per heavy atom. The van der Waals surface area contributed by atoms with Gasteiger partial charge in [-0.05, 0) is 31.2 Å². The van der Waals surface area contributed by atoms with E-state index in [1.54, 1.807) is 6.92 Å². The standard InChI is InChI=1S/C17H13NOS/c1-17(19,12-11-13-7-3-2-4-8-13)16-18-14-9-5-6-10-15(14)20-16/h2-10,19H,1H3/t17-/m1/s1. The van der Waals surface area contributed by atoms with Gasteiger partial charge in [0.25, 0.3) is 0 Å². The molecule has 3 rings (SSSR count). The molecule has 3 heteroatoms. The van der Waals surface area contributed by atoms with E-state index in [4.69, 9.17) is 0 Å². The zero-order chi connectivity index (χ0) is 14.0. The molecule has 0 spiro atoms. The summed E-state index contributed by atoms with van der Waals surface area (Å²) in [5, 5.41) is 11.1. The molecule has 0 aliphatic heterocycles. The number of para-hydroxylation sites is 1. The van der Waals surface area contributed by atoms with Crippen LogP contribution in [0.3, 0.4) is 0 Å². The van der Waals surface area contributed by atoms with Crippen LogP contribution in [0.25, 0.3) is 10.2 Å². The molecule has 20 heavy (non-hydrogen) atoms. The Morgan fingerprint density at radius 3 is 2.50 bits per heavy atom. The Hall–Kier alpha value is -2.15. The van der Waals surface area contributed by atoms with Crippen molar-refractivity contribution < 1.29 is 5.11 Å². The monoisotopic (exact) mass is 279 g/mol. The molecule has 0 aliphatic carbocycles. The van der Waals surface area contributed by atoms with Crippen LogP contribution in [-0.2, 0) is 5.60 Å². The van der Waals surface area contributed by atoms with Crippen molar-refractivity contribution in [2.45, 2.75) is 12.5 Å². The molecular formula is C17H13NOS. The first kappa shape index (κ1) is 12.9. The fourth-order valence-electron chi connectivity index (χ4n) is 1.85. The predicted molar refractivity (Wildman–Crippen MR) is 82.5 cm³/mol. The van der Waals surface area contributed by atoms with Crippen molar-refractivity contribution in [2.24, 2.45) is 0 Å². The highest BCUT2D eigenvalue weighted by molar-refractivity contribution is 7.18. The first-order valence-corrected chi connectivity index (χ1v) is 7.13. The van der Waals surface area contributed by atoms with Crippen LogP contribution in [0.4, 0.5) is 0 Å². The van der Waals surface area contributed by atoms with E-state index in [1.807, 2.05) is 54.6 Å². The van der Waals surface area contributed by atoms with Gasteiger partial charge in [-0.3, -0.25) is 0 Å².